The Morgan fingerprint density at radius 3 is 2.50 bits per heavy atom. The largest absolute Gasteiger partial charge is 0.462 e. The Bertz CT molecular complexity index is 408. The zero-order valence-electron chi connectivity index (χ0n) is 10.6. The highest BCUT2D eigenvalue weighted by molar-refractivity contribution is 5.89. The number of hydrogen-bond acceptors (Lipinski definition) is 4. The minimum atomic E-state index is -0.765. The van der Waals surface area contributed by atoms with Crippen LogP contribution in [0.25, 0.3) is 0 Å². The van der Waals surface area contributed by atoms with E-state index < -0.39 is 5.60 Å². The van der Waals surface area contributed by atoms with Crippen molar-refractivity contribution in [2.75, 3.05) is 19.7 Å². The summed E-state index contributed by atoms with van der Waals surface area (Å²) in [7, 11) is 0. The van der Waals surface area contributed by atoms with E-state index >= 15 is 0 Å². The fourth-order valence-corrected chi connectivity index (χ4v) is 2.26. The second-order valence-electron chi connectivity index (χ2n) is 4.58. The molecule has 0 unspecified atom stereocenters. The second kappa shape index (κ2) is 5.50. The number of esters is 1. The molecule has 98 valence electrons. The summed E-state index contributed by atoms with van der Waals surface area (Å²) in [6.45, 7) is 3.78. The predicted octanol–water partition coefficient (Wildman–Crippen LogP) is 1.43. The summed E-state index contributed by atoms with van der Waals surface area (Å²) in [5.41, 5.74) is 0.633. The average Bonchev–Trinajstić information content (AvgIpc) is 2.40. The third kappa shape index (κ3) is 2.71. The van der Waals surface area contributed by atoms with Crippen LogP contribution in [0.5, 0.6) is 0 Å². The molecule has 18 heavy (non-hydrogen) atoms. The van der Waals surface area contributed by atoms with Crippen LogP contribution in [0.3, 0.4) is 0 Å². The number of hydrogen-bond donors (Lipinski definition) is 2. The number of rotatable bonds is 3. The lowest BCUT2D eigenvalue weighted by atomic mass is 9.85. The molecule has 1 aromatic carbocycles. The van der Waals surface area contributed by atoms with Gasteiger partial charge in [-0.25, -0.2) is 4.79 Å². The van der Waals surface area contributed by atoms with Gasteiger partial charge in [0, 0.05) is 0 Å². The lowest BCUT2D eigenvalue weighted by Crippen LogP contribution is -2.39. The summed E-state index contributed by atoms with van der Waals surface area (Å²) in [4.78, 5) is 11.5. The van der Waals surface area contributed by atoms with Crippen molar-refractivity contribution in [2.24, 2.45) is 0 Å². The topological polar surface area (TPSA) is 58.6 Å². The molecule has 2 rings (SSSR count). The molecular weight excluding hydrogens is 230 g/mol. The maximum absolute atomic E-state index is 11.5. The van der Waals surface area contributed by atoms with Gasteiger partial charge in [-0.05, 0) is 50.6 Å². The average molecular weight is 249 g/mol. The number of carbonyl (C=O) groups excluding carboxylic acids is 1. The molecule has 0 spiro atoms. The SMILES string of the molecule is CCOC(=O)c1ccc(C2(O)CCNCC2)cc1. The Morgan fingerprint density at radius 1 is 1.33 bits per heavy atom. The van der Waals surface area contributed by atoms with Gasteiger partial charge in [0.05, 0.1) is 17.8 Å². The molecule has 1 aliphatic heterocycles. The maximum Gasteiger partial charge on any atom is 0.338 e. The summed E-state index contributed by atoms with van der Waals surface area (Å²) in [6.07, 6.45) is 1.40. The molecule has 1 aromatic rings. The third-order valence-electron chi connectivity index (χ3n) is 3.36. The Morgan fingerprint density at radius 2 is 1.94 bits per heavy atom. The fraction of sp³-hybridized carbons (Fsp3) is 0.500. The highest BCUT2D eigenvalue weighted by Crippen LogP contribution is 2.30. The minimum absolute atomic E-state index is 0.318. The number of nitrogens with one attached hydrogen (secondary N) is 1. The maximum atomic E-state index is 11.5. The van der Waals surface area contributed by atoms with E-state index in [1.807, 2.05) is 12.1 Å². The van der Waals surface area contributed by atoms with Crippen molar-refractivity contribution in [3.8, 4) is 0 Å². The van der Waals surface area contributed by atoms with Gasteiger partial charge in [-0.1, -0.05) is 12.1 Å². The quantitative estimate of drug-likeness (QED) is 0.796. The van der Waals surface area contributed by atoms with E-state index in [9.17, 15) is 9.90 Å². The first-order valence-electron chi connectivity index (χ1n) is 6.36. The van der Waals surface area contributed by atoms with Crippen molar-refractivity contribution in [1.82, 2.24) is 5.32 Å². The third-order valence-corrected chi connectivity index (χ3v) is 3.36. The molecule has 4 heteroatoms. The molecular formula is C14H19NO3. The van der Waals surface area contributed by atoms with E-state index in [-0.39, 0.29) is 5.97 Å². The van der Waals surface area contributed by atoms with Gasteiger partial charge in [-0.15, -0.1) is 0 Å². The molecule has 1 saturated heterocycles. The van der Waals surface area contributed by atoms with Crippen molar-refractivity contribution in [2.45, 2.75) is 25.4 Å². The number of carbonyl (C=O) groups is 1. The van der Waals surface area contributed by atoms with Gasteiger partial charge in [0.25, 0.3) is 0 Å². The molecule has 1 fully saturated rings. The van der Waals surface area contributed by atoms with E-state index in [2.05, 4.69) is 5.32 Å². The van der Waals surface area contributed by atoms with Crippen LogP contribution in [0.1, 0.15) is 35.7 Å². The number of piperidine rings is 1. The smallest absolute Gasteiger partial charge is 0.338 e. The van der Waals surface area contributed by atoms with E-state index in [1.165, 1.54) is 0 Å². The lowest BCUT2D eigenvalue weighted by Gasteiger charge is -2.33. The lowest BCUT2D eigenvalue weighted by molar-refractivity contribution is 0.00587. The van der Waals surface area contributed by atoms with E-state index in [0.29, 0.717) is 25.0 Å². The van der Waals surface area contributed by atoms with Crippen LogP contribution in [0.4, 0.5) is 0 Å². The molecule has 0 bridgehead atoms. The van der Waals surface area contributed by atoms with Gasteiger partial charge in [-0.3, -0.25) is 0 Å². The van der Waals surface area contributed by atoms with Gasteiger partial charge in [0.15, 0.2) is 0 Å². The van der Waals surface area contributed by atoms with Crippen molar-refractivity contribution < 1.29 is 14.6 Å². The molecule has 4 nitrogen and oxygen atoms in total. The fourth-order valence-electron chi connectivity index (χ4n) is 2.26. The van der Waals surface area contributed by atoms with Gasteiger partial charge < -0.3 is 15.2 Å². The molecule has 0 atom stereocenters. The first kappa shape index (κ1) is 13.1. The van der Waals surface area contributed by atoms with Crippen LogP contribution in [0.2, 0.25) is 0 Å². The zero-order valence-corrected chi connectivity index (χ0v) is 10.6. The van der Waals surface area contributed by atoms with Gasteiger partial charge in [0.2, 0.25) is 0 Å². The predicted molar refractivity (Wildman–Crippen MR) is 68.4 cm³/mol. The first-order valence-corrected chi connectivity index (χ1v) is 6.36. The molecule has 0 aliphatic carbocycles. The van der Waals surface area contributed by atoms with Crippen LogP contribution >= 0.6 is 0 Å². The monoisotopic (exact) mass is 249 g/mol. The van der Waals surface area contributed by atoms with Crippen LogP contribution in [0, 0.1) is 0 Å². The Kier molecular flexibility index (Phi) is 3.99. The van der Waals surface area contributed by atoms with Crippen LogP contribution in [-0.4, -0.2) is 30.8 Å². The molecule has 0 amide bonds. The van der Waals surface area contributed by atoms with E-state index in [1.54, 1.807) is 19.1 Å². The van der Waals surface area contributed by atoms with E-state index in [4.69, 9.17) is 4.74 Å². The van der Waals surface area contributed by atoms with Gasteiger partial charge in [-0.2, -0.15) is 0 Å². The van der Waals surface area contributed by atoms with Gasteiger partial charge >= 0.3 is 5.97 Å². The number of ether oxygens (including phenoxy) is 1. The molecule has 2 N–H and O–H groups in total. The summed E-state index contributed by atoms with van der Waals surface area (Å²) in [6, 6.07) is 7.07. The van der Waals surface area contributed by atoms with Crippen molar-refractivity contribution in [1.29, 1.82) is 0 Å². The first-order chi connectivity index (χ1) is 8.65. The Hall–Kier alpha value is -1.39. The molecule has 1 heterocycles. The normalized spacial score (nSPS) is 18.3. The van der Waals surface area contributed by atoms with Crippen molar-refractivity contribution in [3.63, 3.8) is 0 Å². The summed E-state index contributed by atoms with van der Waals surface area (Å²) >= 11 is 0. The Balaban J connectivity index is 2.14. The van der Waals surface area contributed by atoms with Crippen molar-refractivity contribution in [3.05, 3.63) is 35.4 Å². The molecule has 0 radical (unpaired) electrons. The van der Waals surface area contributed by atoms with Crippen LogP contribution in [-0.2, 0) is 10.3 Å². The van der Waals surface area contributed by atoms with Crippen molar-refractivity contribution >= 4 is 5.97 Å². The summed E-state index contributed by atoms with van der Waals surface area (Å²) < 4.78 is 4.93. The zero-order chi connectivity index (χ0) is 13.0. The highest BCUT2D eigenvalue weighted by Gasteiger charge is 2.30. The minimum Gasteiger partial charge on any atom is -0.462 e. The second-order valence-corrected chi connectivity index (χ2v) is 4.58. The molecule has 1 aliphatic rings. The molecule has 0 aromatic heterocycles. The summed E-state index contributed by atoms with van der Waals surface area (Å²) in [5, 5.41) is 13.7. The number of aliphatic hydroxyl groups is 1. The standard InChI is InChI=1S/C14H19NO3/c1-2-18-13(16)11-3-5-12(6-4-11)14(17)7-9-15-10-8-14/h3-6,15,17H,2,7-10H2,1H3. The van der Waals surface area contributed by atoms with E-state index in [0.717, 1.165) is 18.7 Å². The highest BCUT2D eigenvalue weighted by atomic mass is 16.5. The van der Waals surface area contributed by atoms with Crippen LogP contribution in [0.15, 0.2) is 24.3 Å². The number of benzene rings is 1. The van der Waals surface area contributed by atoms with Crippen LogP contribution < -0.4 is 5.32 Å². The Labute approximate surface area is 107 Å². The molecule has 0 saturated carbocycles. The van der Waals surface area contributed by atoms with Gasteiger partial charge in [0.1, 0.15) is 0 Å². The summed E-state index contributed by atoms with van der Waals surface area (Å²) in [5.74, 6) is -0.318.